The fourth-order valence-corrected chi connectivity index (χ4v) is 3.04. The van der Waals surface area contributed by atoms with Crippen molar-refractivity contribution >= 4 is 44.8 Å². The fourth-order valence-electron chi connectivity index (χ4n) is 2.27. The molecule has 1 N–H and O–H groups in total. The molecule has 2 nitrogen and oxygen atoms in total. The molecule has 20 heavy (non-hydrogen) atoms. The van der Waals surface area contributed by atoms with Gasteiger partial charge < -0.3 is 10.1 Å². The normalized spacial score (nSPS) is 16.6. The van der Waals surface area contributed by atoms with E-state index in [9.17, 15) is 0 Å². The van der Waals surface area contributed by atoms with Gasteiger partial charge in [-0.1, -0.05) is 45.2 Å². The first-order chi connectivity index (χ1) is 9.63. The number of benzene rings is 2. The van der Waals surface area contributed by atoms with Crippen molar-refractivity contribution in [3.8, 4) is 5.75 Å². The lowest BCUT2D eigenvalue weighted by atomic mass is 10.1. The van der Waals surface area contributed by atoms with Gasteiger partial charge in [0.1, 0.15) is 11.9 Å². The maximum absolute atomic E-state index is 6.15. The second kappa shape index (κ2) is 5.84. The molecule has 0 spiro atoms. The van der Waals surface area contributed by atoms with E-state index >= 15 is 0 Å². The van der Waals surface area contributed by atoms with Gasteiger partial charge >= 0.3 is 0 Å². The quantitative estimate of drug-likeness (QED) is 0.802. The number of rotatable bonds is 3. The summed E-state index contributed by atoms with van der Waals surface area (Å²) in [7, 11) is 0. The Kier molecular flexibility index (Phi) is 4.11. The molecule has 0 aliphatic carbocycles. The standard InChI is InChI=1S/C15H12BrCl2NO/c16-10-4-5-14-9(6-10)7-11(20-14)8-19-13-3-1-2-12(17)15(13)18/h1-6,11,19H,7-8H2. The molecule has 1 unspecified atom stereocenters. The predicted molar refractivity (Wildman–Crippen MR) is 87.2 cm³/mol. The third kappa shape index (κ3) is 2.90. The Morgan fingerprint density at radius 1 is 1.25 bits per heavy atom. The van der Waals surface area contributed by atoms with Gasteiger partial charge in [0.2, 0.25) is 0 Å². The Labute approximate surface area is 136 Å². The summed E-state index contributed by atoms with van der Waals surface area (Å²) in [4.78, 5) is 0. The van der Waals surface area contributed by atoms with Crippen LogP contribution < -0.4 is 10.1 Å². The van der Waals surface area contributed by atoms with Crippen molar-refractivity contribution in [3.63, 3.8) is 0 Å². The van der Waals surface area contributed by atoms with E-state index in [0.717, 1.165) is 22.3 Å². The molecular formula is C15H12BrCl2NO. The molecule has 3 rings (SSSR count). The van der Waals surface area contributed by atoms with Gasteiger partial charge in [0.15, 0.2) is 0 Å². The second-order valence-corrected chi connectivity index (χ2v) is 6.38. The maximum atomic E-state index is 6.15. The molecule has 0 amide bonds. The molecule has 1 aliphatic rings. The van der Waals surface area contributed by atoms with Gasteiger partial charge in [-0.25, -0.2) is 0 Å². The summed E-state index contributed by atoms with van der Waals surface area (Å²) in [5.41, 5.74) is 2.06. The molecule has 0 saturated carbocycles. The minimum Gasteiger partial charge on any atom is -0.488 e. The van der Waals surface area contributed by atoms with Crippen molar-refractivity contribution < 1.29 is 4.74 Å². The van der Waals surface area contributed by atoms with Crippen LogP contribution in [0.4, 0.5) is 5.69 Å². The Morgan fingerprint density at radius 2 is 2.10 bits per heavy atom. The lowest BCUT2D eigenvalue weighted by Gasteiger charge is -2.14. The van der Waals surface area contributed by atoms with Crippen molar-refractivity contribution in [2.24, 2.45) is 0 Å². The number of anilines is 1. The number of nitrogens with one attached hydrogen (secondary N) is 1. The predicted octanol–water partition coefficient (Wildman–Crippen LogP) is 5.17. The molecule has 0 saturated heterocycles. The summed E-state index contributed by atoms with van der Waals surface area (Å²) >= 11 is 15.6. The van der Waals surface area contributed by atoms with Crippen LogP contribution in [0.15, 0.2) is 40.9 Å². The minimum absolute atomic E-state index is 0.106. The highest BCUT2D eigenvalue weighted by Gasteiger charge is 2.22. The number of halogens is 3. The van der Waals surface area contributed by atoms with Gasteiger partial charge in [0, 0.05) is 10.9 Å². The molecule has 1 heterocycles. The minimum atomic E-state index is 0.106. The van der Waals surface area contributed by atoms with Crippen molar-refractivity contribution in [3.05, 3.63) is 56.5 Å². The van der Waals surface area contributed by atoms with Gasteiger partial charge in [0.05, 0.1) is 22.3 Å². The number of fused-ring (bicyclic) bond motifs is 1. The van der Waals surface area contributed by atoms with Crippen molar-refractivity contribution in [1.29, 1.82) is 0 Å². The van der Waals surface area contributed by atoms with Gasteiger partial charge in [-0.05, 0) is 35.9 Å². The van der Waals surface area contributed by atoms with Crippen LogP contribution in [0.25, 0.3) is 0 Å². The largest absolute Gasteiger partial charge is 0.488 e. The molecule has 5 heteroatoms. The van der Waals surface area contributed by atoms with Crippen LogP contribution in [0.2, 0.25) is 10.0 Å². The number of hydrogen-bond acceptors (Lipinski definition) is 2. The summed E-state index contributed by atoms with van der Waals surface area (Å²) in [6.45, 7) is 0.687. The summed E-state index contributed by atoms with van der Waals surface area (Å²) in [5.74, 6) is 0.956. The van der Waals surface area contributed by atoms with Crippen LogP contribution in [-0.4, -0.2) is 12.6 Å². The van der Waals surface area contributed by atoms with Crippen LogP contribution in [0, 0.1) is 0 Å². The summed E-state index contributed by atoms with van der Waals surface area (Å²) in [6, 6.07) is 11.6. The van der Waals surface area contributed by atoms with Crippen molar-refractivity contribution in [2.75, 3.05) is 11.9 Å². The molecular weight excluding hydrogens is 361 g/mol. The highest BCUT2D eigenvalue weighted by atomic mass is 79.9. The first-order valence-electron chi connectivity index (χ1n) is 6.26. The summed E-state index contributed by atoms with van der Waals surface area (Å²) in [5, 5.41) is 4.39. The molecule has 2 aromatic rings. The average Bonchev–Trinajstić information content (AvgIpc) is 2.82. The molecule has 1 aliphatic heterocycles. The average molecular weight is 373 g/mol. The zero-order chi connectivity index (χ0) is 14.1. The van der Waals surface area contributed by atoms with Gasteiger partial charge in [-0.3, -0.25) is 0 Å². The molecule has 2 aromatic carbocycles. The second-order valence-electron chi connectivity index (χ2n) is 4.68. The van der Waals surface area contributed by atoms with E-state index in [1.807, 2.05) is 24.3 Å². The molecule has 104 valence electrons. The van der Waals surface area contributed by atoms with E-state index in [4.69, 9.17) is 27.9 Å². The van der Waals surface area contributed by atoms with Crippen LogP contribution in [-0.2, 0) is 6.42 Å². The third-order valence-electron chi connectivity index (χ3n) is 3.24. The maximum Gasteiger partial charge on any atom is 0.123 e. The molecule has 0 aromatic heterocycles. The number of hydrogen-bond donors (Lipinski definition) is 1. The molecule has 0 radical (unpaired) electrons. The Bertz CT molecular complexity index is 648. The molecule has 0 fully saturated rings. The molecule has 1 atom stereocenters. The third-order valence-corrected chi connectivity index (χ3v) is 4.55. The highest BCUT2D eigenvalue weighted by Crippen LogP contribution is 2.33. The Balaban J connectivity index is 1.65. The van der Waals surface area contributed by atoms with Gasteiger partial charge in [-0.15, -0.1) is 0 Å². The van der Waals surface area contributed by atoms with Crippen LogP contribution in [0.1, 0.15) is 5.56 Å². The van der Waals surface area contributed by atoms with E-state index in [0.29, 0.717) is 16.6 Å². The number of ether oxygens (including phenoxy) is 1. The van der Waals surface area contributed by atoms with E-state index in [1.165, 1.54) is 5.56 Å². The fraction of sp³-hybridized carbons (Fsp3) is 0.200. The summed E-state index contributed by atoms with van der Waals surface area (Å²) in [6.07, 6.45) is 0.995. The lowest BCUT2D eigenvalue weighted by molar-refractivity contribution is 0.246. The van der Waals surface area contributed by atoms with E-state index in [1.54, 1.807) is 6.07 Å². The zero-order valence-corrected chi connectivity index (χ0v) is 13.6. The smallest absolute Gasteiger partial charge is 0.123 e. The van der Waals surface area contributed by atoms with E-state index in [2.05, 4.69) is 27.3 Å². The highest BCUT2D eigenvalue weighted by molar-refractivity contribution is 9.10. The van der Waals surface area contributed by atoms with Crippen LogP contribution >= 0.6 is 39.1 Å². The van der Waals surface area contributed by atoms with E-state index in [-0.39, 0.29) is 6.10 Å². The first kappa shape index (κ1) is 14.1. The lowest BCUT2D eigenvalue weighted by Crippen LogP contribution is -2.24. The van der Waals surface area contributed by atoms with Crippen molar-refractivity contribution in [1.82, 2.24) is 0 Å². The van der Waals surface area contributed by atoms with Crippen LogP contribution in [0.3, 0.4) is 0 Å². The Morgan fingerprint density at radius 3 is 2.95 bits per heavy atom. The van der Waals surface area contributed by atoms with Gasteiger partial charge in [0.25, 0.3) is 0 Å². The zero-order valence-electron chi connectivity index (χ0n) is 10.5. The van der Waals surface area contributed by atoms with E-state index < -0.39 is 0 Å². The first-order valence-corrected chi connectivity index (χ1v) is 7.81. The SMILES string of the molecule is Clc1cccc(NCC2Cc3cc(Br)ccc3O2)c1Cl. The topological polar surface area (TPSA) is 21.3 Å². The van der Waals surface area contributed by atoms with Crippen LogP contribution in [0.5, 0.6) is 5.75 Å². The summed E-state index contributed by atoms with van der Waals surface area (Å²) < 4.78 is 6.97. The molecule has 0 bridgehead atoms. The van der Waals surface area contributed by atoms with Crippen molar-refractivity contribution in [2.45, 2.75) is 12.5 Å². The van der Waals surface area contributed by atoms with Gasteiger partial charge in [-0.2, -0.15) is 0 Å². The Hall–Kier alpha value is -0.900. The monoisotopic (exact) mass is 371 g/mol.